The largest absolute Gasteiger partial charge is 0.379 e. The average molecular weight is 485 g/mol. The molecule has 1 aliphatic rings. The van der Waals surface area contributed by atoms with Gasteiger partial charge in [-0.05, 0) is 47.2 Å². The Hall–Kier alpha value is -2.52. The Kier molecular flexibility index (Phi) is 7.60. The zero-order valence-corrected chi connectivity index (χ0v) is 20.2. The van der Waals surface area contributed by atoms with Crippen molar-refractivity contribution in [1.29, 1.82) is 0 Å². The molecule has 4 rings (SSSR count). The van der Waals surface area contributed by atoms with Crippen LogP contribution in [0.5, 0.6) is 0 Å². The summed E-state index contributed by atoms with van der Waals surface area (Å²) in [6, 6.07) is 18.2. The van der Waals surface area contributed by atoms with Gasteiger partial charge in [0.2, 0.25) is 10.0 Å². The second-order valence-corrected chi connectivity index (χ2v) is 10.9. The van der Waals surface area contributed by atoms with Crippen LogP contribution in [0.4, 0.5) is 0 Å². The molecule has 1 aliphatic heterocycles. The number of rotatable bonds is 8. The molecule has 174 valence electrons. The van der Waals surface area contributed by atoms with Gasteiger partial charge in [-0.3, -0.25) is 4.79 Å². The maximum Gasteiger partial charge on any atom is 0.252 e. The van der Waals surface area contributed by atoms with Crippen LogP contribution in [0.3, 0.4) is 0 Å². The maximum atomic E-state index is 13.2. The second kappa shape index (κ2) is 10.6. The quantitative estimate of drug-likeness (QED) is 0.519. The van der Waals surface area contributed by atoms with Gasteiger partial charge in [-0.25, -0.2) is 8.42 Å². The Morgan fingerprint density at radius 2 is 1.85 bits per heavy atom. The van der Waals surface area contributed by atoms with Crippen molar-refractivity contribution in [2.45, 2.75) is 30.7 Å². The lowest BCUT2D eigenvalue weighted by atomic mass is 10.0. The zero-order valence-electron chi connectivity index (χ0n) is 18.6. The van der Waals surface area contributed by atoms with E-state index >= 15 is 0 Å². The van der Waals surface area contributed by atoms with Crippen LogP contribution >= 0.6 is 11.3 Å². The van der Waals surface area contributed by atoms with Crippen molar-refractivity contribution in [2.75, 3.05) is 26.3 Å². The molecule has 2 aromatic carbocycles. The molecule has 33 heavy (non-hydrogen) atoms. The third-order valence-corrected chi connectivity index (χ3v) is 8.49. The van der Waals surface area contributed by atoms with Crippen molar-refractivity contribution in [2.24, 2.45) is 0 Å². The number of benzene rings is 2. The van der Waals surface area contributed by atoms with E-state index in [-0.39, 0.29) is 16.8 Å². The zero-order chi connectivity index (χ0) is 23.3. The molecule has 8 heteroatoms. The fourth-order valence-electron chi connectivity index (χ4n) is 3.89. The van der Waals surface area contributed by atoms with E-state index in [1.54, 1.807) is 23.5 Å². The van der Waals surface area contributed by atoms with Gasteiger partial charge < -0.3 is 10.1 Å². The van der Waals surface area contributed by atoms with Gasteiger partial charge in [0.05, 0.1) is 24.2 Å². The number of hydrogen-bond donors (Lipinski definition) is 1. The molecule has 1 unspecified atom stereocenters. The molecule has 0 saturated carbocycles. The van der Waals surface area contributed by atoms with Gasteiger partial charge >= 0.3 is 0 Å². The van der Waals surface area contributed by atoms with E-state index in [2.05, 4.69) is 36.5 Å². The predicted octanol–water partition coefficient (Wildman–Crippen LogP) is 4.24. The number of ether oxygens (including phenoxy) is 1. The van der Waals surface area contributed by atoms with E-state index in [0.29, 0.717) is 31.9 Å². The van der Waals surface area contributed by atoms with Crippen molar-refractivity contribution in [1.82, 2.24) is 9.62 Å². The topological polar surface area (TPSA) is 75.7 Å². The highest BCUT2D eigenvalue weighted by Crippen LogP contribution is 2.27. The molecule has 6 nitrogen and oxygen atoms in total. The fraction of sp³-hybridized carbons (Fsp3) is 0.320. The summed E-state index contributed by atoms with van der Waals surface area (Å²) in [7, 11) is -3.68. The molecule has 0 aliphatic carbocycles. The monoisotopic (exact) mass is 484 g/mol. The Labute approximate surface area is 199 Å². The maximum absolute atomic E-state index is 13.2. The molecule has 1 aromatic heterocycles. The normalized spacial score (nSPS) is 15.8. The highest BCUT2D eigenvalue weighted by molar-refractivity contribution is 7.89. The number of hydrogen-bond acceptors (Lipinski definition) is 5. The number of sulfonamides is 1. The van der Waals surface area contributed by atoms with Gasteiger partial charge in [0, 0.05) is 23.5 Å². The van der Waals surface area contributed by atoms with E-state index in [4.69, 9.17) is 4.74 Å². The summed E-state index contributed by atoms with van der Waals surface area (Å²) in [5.41, 5.74) is 2.56. The first-order valence-corrected chi connectivity index (χ1v) is 13.4. The third-order valence-electron chi connectivity index (χ3n) is 5.66. The van der Waals surface area contributed by atoms with Crippen molar-refractivity contribution in [3.63, 3.8) is 0 Å². The number of morpholine rings is 1. The second-order valence-electron chi connectivity index (χ2n) is 7.96. The van der Waals surface area contributed by atoms with E-state index in [9.17, 15) is 13.2 Å². The SMILES string of the molecule is CCCc1ccc(C(NC(=O)c2cccc(S(=O)(=O)N3CCOCC3)c2)c2cccs2)cc1. The van der Waals surface area contributed by atoms with Crippen molar-refractivity contribution >= 4 is 27.3 Å². The van der Waals surface area contributed by atoms with Gasteiger partial charge in [0.15, 0.2) is 0 Å². The van der Waals surface area contributed by atoms with Crippen LogP contribution < -0.4 is 5.32 Å². The Morgan fingerprint density at radius 3 is 2.52 bits per heavy atom. The predicted molar refractivity (Wildman–Crippen MR) is 130 cm³/mol. The van der Waals surface area contributed by atoms with Crippen LogP contribution in [-0.2, 0) is 21.2 Å². The van der Waals surface area contributed by atoms with Gasteiger partial charge in [-0.15, -0.1) is 11.3 Å². The highest BCUT2D eigenvalue weighted by Gasteiger charge is 2.27. The van der Waals surface area contributed by atoms with Gasteiger partial charge in [0.1, 0.15) is 0 Å². The molecular formula is C25H28N2O4S2. The molecule has 0 spiro atoms. The molecule has 1 fully saturated rings. The lowest BCUT2D eigenvalue weighted by Gasteiger charge is -2.26. The molecule has 1 N–H and O–H groups in total. The molecule has 1 amide bonds. The van der Waals surface area contributed by atoms with E-state index in [1.807, 2.05) is 17.5 Å². The highest BCUT2D eigenvalue weighted by atomic mass is 32.2. The minimum atomic E-state index is -3.68. The lowest BCUT2D eigenvalue weighted by Crippen LogP contribution is -2.40. The van der Waals surface area contributed by atoms with Crippen LogP contribution in [0.15, 0.2) is 70.9 Å². The molecule has 3 aromatic rings. The number of amides is 1. The van der Waals surface area contributed by atoms with E-state index in [1.165, 1.54) is 22.0 Å². The van der Waals surface area contributed by atoms with Crippen molar-refractivity contribution < 1.29 is 17.9 Å². The van der Waals surface area contributed by atoms with E-state index in [0.717, 1.165) is 23.3 Å². The molecule has 0 radical (unpaired) electrons. The van der Waals surface area contributed by atoms with Crippen LogP contribution in [0.1, 0.15) is 45.7 Å². The fourth-order valence-corrected chi connectivity index (χ4v) is 6.14. The number of thiophene rings is 1. The average Bonchev–Trinajstić information content (AvgIpc) is 3.38. The molecule has 2 heterocycles. The Bertz CT molecular complexity index is 1170. The molecular weight excluding hydrogens is 456 g/mol. The van der Waals surface area contributed by atoms with Crippen LogP contribution in [-0.4, -0.2) is 44.9 Å². The van der Waals surface area contributed by atoms with E-state index < -0.39 is 10.0 Å². The van der Waals surface area contributed by atoms with Gasteiger partial charge in [-0.1, -0.05) is 49.7 Å². The van der Waals surface area contributed by atoms with Crippen molar-refractivity contribution in [3.8, 4) is 0 Å². The number of carbonyl (C=O) groups excluding carboxylic acids is 1. The first kappa shape index (κ1) is 23.6. The number of aryl methyl sites for hydroxylation is 1. The Balaban J connectivity index is 1.58. The number of carbonyl (C=O) groups is 1. The standard InChI is InChI=1S/C25H28N2O4S2/c1-2-5-19-9-11-20(12-10-19)24(23-8-4-17-32-23)26-25(28)21-6-3-7-22(18-21)33(29,30)27-13-15-31-16-14-27/h3-4,6-12,17-18,24H,2,5,13-16H2,1H3,(H,26,28). The summed E-state index contributed by atoms with van der Waals surface area (Å²) < 4.78 is 32.7. The smallest absolute Gasteiger partial charge is 0.252 e. The lowest BCUT2D eigenvalue weighted by molar-refractivity contribution is 0.0730. The summed E-state index contributed by atoms with van der Waals surface area (Å²) >= 11 is 1.57. The summed E-state index contributed by atoms with van der Waals surface area (Å²) in [6.45, 7) is 3.52. The summed E-state index contributed by atoms with van der Waals surface area (Å²) in [5, 5.41) is 5.09. The number of nitrogens with zero attached hydrogens (tertiary/aromatic N) is 1. The van der Waals surface area contributed by atoms with Gasteiger partial charge in [-0.2, -0.15) is 4.31 Å². The van der Waals surface area contributed by atoms with Crippen molar-refractivity contribution in [3.05, 3.63) is 87.6 Å². The molecule has 1 saturated heterocycles. The number of nitrogens with one attached hydrogen (secondary N) is 1. The molecule has 0 bridgehead atoms. The summed E-state index contributed by atoms with van der Waals surface area (Å²) in [4.78, 5) is 14.4. The summed E-state index contributed by atoms with van der Waals surface area (Å²) in [6.07, 6.45) is 2.09. The first-order chi connectivity index (χ1) is 16.0. The van der Waals surface area contributed by atoms with Crippen LogP contribution in [0, 0.1) is 0 Å². The third kappa shape index (κ3) is 5.52. The first-order valence-electron chi connectivity index (χ1n) is 11.1. The summed E-state index contributed by atoms with van der Waals surface area (Å²) in [5.74, 6) is -0.315. The minimum absolute atomic E-state index is 0.119. The minimum Gasteiger partial charge on any atom is -0.379 e. The van der Waals surface area contributed by atoms with Crippen LogP contribution in [0.2, 0.25) is 0 Å². The van der Waals surface area contributed by atoms with Gasteiger partial charge in [0.25, 0.3) is 5.91 Å². The molecule has 1 atom stereocenters. The Morgan fingerprint density at radius 1 is 1.09 bits per heavy atom. The van der Waals surface area contributed by atoms with Crippen LogP contribution in [0.25, 0.3) is 0 Å².